The van der Waals surface area contributed by atoms with Gasteiger partial charge in [-0.15, -0.1) is 0 Å². The summed E-state index contributed by atoms with van der Waals surface area (Å²) < 4.78 is 0. The lowest BCUT2D eigenvalue weighted by molar-refractivity contribution is -0.132. The number of carboxylic acids is 1. The molecule has 2 nitrogen and oxygen atoms in total. The zero-order valence-corrected chi connectivity index (χ0v) is 10.8. The number of rotatable bonds is 5. The van der Waals surface area contributed by atoms with Crippen molar-refractivity contribution >= 4 is 11.5 Å². The number of hydrogen-bond donors (Lipinski definition) is 1. The van der Waals surface area contributed by atoms with Crippen molar-refractivity contribution in [2.24, 2.45) is 0 Å². The van der Waals surface area contributed by atoms with Crippen LogP contribution in [0.15, 0.2) is 54.6 Å². The molecule has 0 aliphatic rings. The second-order valence-corrected chi connectivity index (χ2v) is 3.87. The lowest BCUT2D eigenvalue weighted by Gasteiger charge is -2.09. The van der Waals surface area contributed by atoms with Crippen LogP contribution >= 0.6 is 0 Å². The van der Waals surface area contributed by atoms with E-state index in [2.05, 4.69) is 13.5 Å². The fourth-order valence-corrected chi connectivity index (χ4v) is 1.79. The third-order valence-electron chi connectivity index (χ3n) is 2.77. The highest BCUT2D eigenvalue weighted by Gasteiger charge is 2.13. The first-order chi connectivity index (χ1) is 8.63. The van der Waals surface area contributed by atoms with Crippen molar-refractivity contribution in [1.29, 1.82) is 0 Å². The predicted octanol–water partition coefficient (Wildman–Crippen LogP) is 3.85. The molecule has 1 aromatic rings. The molecule has 0 saturated heterocycles. The van der Waals surface area contributed by atoms with E-state index in [0.717, 1.165) is 12.0 Å². The minimum Gasteiger partial charge on any atom is -0.478 e. The van der Waals surface area contributed by atoms with Crippen LogP contribution in [0.25, 0.3) is 5.57 Å². The average molecular weight is 242 g/mol. The fourth-order valence-electron chi connectivity index (χ4n) is 1.79. The molecular weight excluding hydrogens is 224 g/mol. The number of aliphatic carboxylic acids is 1. The van der Waals surface area contributed by atoms with Crippen molar-refractivity contribution < 1.29 is 9.90 Å². The van der Waals surface area contributed by atoms with Crippen LogP contribution in [0.4, 0.5) is 0 Å². The van der Waals surface area contributed by atoms with Gasteiger partial charge >= 0.3 is 5.97 Å². The normalized spacial score (nSPS) is 12.3. The molecule has 0 saturated carbocycles. The Morgan fingerprint density at radius 3 is 2.33 bits per heavy atom. The molecule has 0 atom stereocenters. The molecule has 0 amide bonds. The molecule has 2 heteroatoms. The number of hydrogen-bond acceptors (Lipinski definition) is 1. The zero-order chi connectivity index (χ0) is 13.5. The molecule has 0 bridgehead atoms. The lowest BCUT2D eigenvalue weighted by Crippen LogP contribution is -2.03. The molecule has 0 aliphatic heterocycles. The van der Waals surface area contributed by atoms with Gasteiger partial charge in [0.1, 0.15) is 0 Å². The Morgan fingerprint density at radius 2 is 1.94 bits per heavy atom. The van der Waals surface area contributed by atoms with E-state index in [4.69, 9.17) is 0 Å². The third kappa shape index (κ3) is 3.20. The van der Waals surface area contributed by atoms with E-state index in [1.807, 2.05) is 37.3 Å². The van der Waals surface area contributed by atoms with Crippen molar-refractivity contribution in [3.05, 3.63) is 65.8 Å². The Hall–Kier alpha value is -2.09. The SMILES string of the molecule is C=C/C=C(C(=O)O)\C(=C/C)c1ccc(CC)cc1. The summed E-state index contributed by atoms with van der Waals surface area (Å²) in [7, 11) is 0. The second-order valence-electron chi connectivity index (χ2n) is 3.87. The smallest absolute Gasteiger partial charge is 0.336 e. The van der Waals surface area contributed by atoms with E-state index < -0.39 is 5.97 Å². The molecule has 0 spiro atoms. The highest BCUT2D eigenvalue weighted by Crippen LogP contribution is 2.24. The number of allylic oxidation sites excluding steroid dienone is 3. The van der Waals surface area contributed by atoms with Crippen molar-refractivity contribution in [2.75, 3.05) is 0 Å². The summed E-state index contributed by atoms with van der Waals surface area (Å²) in [5, 5.41) is 9.21. The molecule has 1 rings (SSSR count). The summed E-state index contributed by atoms with van der Waals surface area (Å²) in [5.74, 6) is -0.942. The third-order valence-corrected chi connectivity index (χ3v) is 2.77. The van der Waals surface area contributed by atoms with Gasteiger partial charge in [-0.3, -0.25) is 0 Å². The van der Waals surface area contributed by atoms with E-state index in [1.54, 1.807) is 0 Å². The molecule has 94 valence electrons. The molecule has 1 N–H and O–H groups in total. The van der Waals surface area contributed by atoms with Crippen LogP contribution in [0.2, 0.25) is 0 Å². The largest absolute Gasteiger partial charge is 0.478 e. The molecule has 0 radical (unpaired) electrons. The molecule has 0 aromatic heterocycles. The number of carbonyl (C=O) groups is 1. The second kappa shape index (κ2) is 6.60. The number of aryl methyl sites for hydroxylation is 1. The summed E-state index contributed by atoms with van der Waals surface area (Å²) in [6.07, 6.45) is 5.79. The average Bonchev–Trinajstić information content (AvgIpc) is 2.39. The van der Waals surface area contributed by atoms with Gasteiger partial charge in [0.25, 0.3) is 0 Å². The molecule has 0 aliphatic carbocycles. The summed E-state index contributed by atoms with van der Waals surface area (Å²) in [5.41, 5.74) is 3.12. The summed E-state index contributed by atoms with van der Waals surface area (Å²) in [6, 6.07) is 7.94. The van der Waals surface area contributed by atoms with E-state index in [1.165, 1.54) is 17.7 Å². The Labute approximate surface area is 108 Å². The van der Waals surface area contributed by atoms with Gasteiger partial charge in [-0.05, 0) is 36.1 Å². The molecule has 0 unspecified atom stereocenters. The summed E-state index contributed by atoms with van der Waals surface area (Å²) >= 11 is 0. The van der Waals surface area contributed by atoms with Gasteiger partial charge < -0.3 is 5.11 Å². The molecule has 1 aromatic carbocycles. The number of benzene rings is 1. The molecule has 0 fully saturated rings. The first-order valence-electron chi connectivity index (χ1n) is 5.96. The van der Waals surface area contributed by atoms with Gasteiger partial charge in [-0.25, -0.2) is 4.79 Å². The quantitative estimate of drug-likeness (QED) is 0.629. The van der Waals surface area contributed by atoms with Gasteiger partial charge in [0, 0.05) is 0 Å². The Kier molecular flexibility index (Phi) is 5.12. The maximum atomic E-state index is 11.2. The van der Waals surface area contributed by atoms with Gasteiger partial charge in [-0.2, -0.15) is 0 Å². The first-order valence-corrected chi connectivity index (χ1v) is 5.96. The lowest BCUT2D eigenvalue weighted by atomic mass is 9.96. The minimum atomic E-state index is -0.942. The number of carboxylic acid groups (broad SMARTS) is 1. The molecule has 18 heavy (non-hydrogen) atoms. The highest BCUT2D eigenvalue weighted by molar-refractivity contribution is 6.05. The predicted molar refractivity (Wildman–Crippen MR) is 75.4 cm³/mol. The minimum absolute atomic E-state index is 0.261. The Morgan fingerprint density at radius 1 is 1.33 bits per heavy atom. The highest BCUT2D eigenvalue weighted by atomic mass is 16.4. The van der Waals surface area contributed by atoms with Crippen molar-refractivity contribution in [3.8, 4) is 0 Å². The monoisotopic (exact) mass is 242 g/mol. The van der Waals surface area contributed by atoms with E-state index >= 15 is 0 Å². The van der Waals surface area contributed by atoms with Crippen molar-refractivity contribution in [2.45, 2.75) is 20.3 Å². The summed E-state index contributed by atoms with van der Waals surface area (Å²) in [6.45, 7) is 7.48. The van der Waals surface area contributed by atoms with Crippen LogP contribution in [0, 0.1) is 0 Å². The van der Waals surface area contributed by atoms with Crippen LogP contribution in [0.5, 0.6) is 0 Å². The summed E-state index contributed by atoms with van der Waals surface area (Å²) in [4.78, 5) is 11.2. The molecule has 0 heterocycles. The van der Waals surface area contributed by atoms with Crippen LogP contribution in [0.1, 0.15) is 25.0 Å². The Balaban J connectivity index is 3.20. The van der Waals surface area contributed by atoms with Crippen LogP contribution in [0.3, 0.4) is 0 Å². The maximum absolute atomic E-state index is 11.2. The van der Waals surface area contributed by atoms with Gasteiger partial charge in [0.05, 0.1) is 5.57 Å². The van der Waals surface area contributed by atoms with E-state index in [-0.39, 0.29) is 5.57 Å². The standard InChI is InChI=1S/C16H18O2/c1-4-7-15(16(17)18)14(6-3)13-10-8-12(5-2)9-11-13/h4,6-11H,1,5H2,2-3H3,(H,17,18)/b14-6-,15-7+. The van der Waals surface area contributed by atoms with Crippen molar-refractivity contribution in [1.82, 2.24) is 0 Å². The van der Waals surface area contributed by atoms with Crippen molar-refractivity contribution in [3.63, 3.8) is 0 Å². The van der Waals surface area contributed by atoms with Gasteiger partial charge in [-0.1, -0.05) is 49.9 Å². The topological polar surface area (TPSA) is 37.3 Å². The van der Waals surface area contributed by atoms with Gasteiger partial charge in [0.15, 0.2) is 0 Å². The van der Waals surface area contributed by atoms with Crippen LogP contribution < -0.4 is 0 Å². The van der Waals surface area contributed by atoms with Crippen LogP contribution in [-0.4, -0.2) is 11.1 Å². The Bertz CT molecular complexity index is 490. The zero-order valence-electron chi connectivity index (χ0n) is 10.8. The van der Waals surface area contributed by atoms with Crippen LogP contribution in [-0.2, 0) is 11.2 Å². The first kappa shape index (κ1) is 14.0. The fraction of sp³-hybridized carbons (Fsp3) is 0.188. The maximum Gasteiger partial charge on any atom is 0.336 e. The van der Waals surface area contributed by atoms with E-state index in [9.17, 15) is 9.90 Å². The molecular formula is C16H18O2. The van der Waals surface area contributed by atoms with E-state index in [0.29, 0.717) is 5.57 Å². The van der Waals surface area contributed by atoms with Gasteiger partial charge in [0.2, 0.25) is 0 Å².